The van der Waals surface area contributed by atoms with Crippen LogP contribution in [-0.2, 0) is 11.4 Å². The monoisotopic (exact) mass is 362 g/mol. The molecule has 6 nitrogen and oxygen atoms in total. The quantitative estimate of drug-likeness (QED) is 0.855. The lowest BCUT2D eigenvalue weighted by molar-refractivity contribution is -0.117. The first-order valence-corrected chi connectivity index (χ1v) is 8.41. The summed E-state index contributed by atoms with van der Waals surface area (Å²) in [6.45, 7) is 3.25. The van der Waals surface area contributed by atoms with E-state index in [1.807, 2.05) is 6.92 Å². The highest BCUT2D eigenvalue weighted by atomic mass is 19.1. The lowest BCUT2D eigenvalue weighted by Crippen LogP contribution is -2.32. The number of aromatic nitrogens is 2. The summed E-state index contributed by atoms with van der Waals surface area (Å²) in [5.74, 6) is -1.24. The Morgan fingerprint density at radius 2 is 2.15 bits per heavy atom. The number of hydrogen-bond acceptors (Lipinski definition) is 5. The average Bonchev–Trinajstić information content (AvgIpc) is 2.95. The zero-order chi connectivity index (χ0) is 18.8. The van der Waals surface area contributed by atoms with E-state index in [1.54, 1.807) is 13.0 Å². The maximum absolute atomic E-state index is 14.1. The number of halogens is 2. The molecule has 1 fully saturated rings. The maximum atomic E-state index is 14.1. The summed E-state index contributed by atoms with van der Waals surface area (Å²) in [5.41, 5.74) is 0.836. The molecule has 0 bridgehead atoms. The molecule has 2 aromatic rings. The standard InChI is InChI=1S/C18H20F2N4O2/c1-10-3-6-16(26)24(10)17-15(20)8-21-18(23-17)22-11(2)12-4-5-13(9-25)14(19)7-12/h4-5,7-8,10-11,25H,3,6,9H2,1-2H3,(H,21,22,23)/t10?,11-/m0/s1. The molecule has 1 aliphatic rings. The van der Waals surface area contributed by atoms with E-state index in [0.29, 0.717) is 18.4 Å². The number of nitrogens with one attached hydrogen (secondary N) is 1. The second-order valence-electron chi connectivity index (χ2n) is 6.39. The largest absolute Gasteiger partial charge is 0.392 e. The van der Waals surface area contributed by atoms with E-state index >= 15 is 0 Å². The summed E-state index contributed by atoms with van der Waals surface area (Å²) in [5, 5.41) is 12.0. The minimum atomic E-state index is -0.663. The molecular formula is C18H20F2N4O2. The molecule has 138 valence electrons. The SMILES string of the molecule is CC1CCC(=O)N1c1nc(N[C@@H](C)c2ccc(CO)c(F)c2)ncc1F. The van der Waals surface area contributed by atoms with Crippen LogP contribution < -0.4 is 10.2 Å². The van der Waals surface area contributed by atoms with Crippen molar-refractivity contribution in [3.05, 3.63) is 47.2 Å². The molecule has 2 N–H and O–H groups in total. The van der Waals surface area contributed by atoms with Gasteiger partial charge in [0.25, 0.3) is 0 Å². The maximum Gasteiger partial charge on any atom is 0.228 e. The van der Waals surface area contributed by atoms with Gasteiger partial charge >= 0.3 is 0 Å². The fourth-order valence-electron chi connectivity index (χ4n) is 2.99. The number of carbonyl (C=O) groups is 1. The number of aliphatic hydroxyl groups is 1. The minimum absolute atomic E-state index is 0.0495. The fraction of sp³-hybridized carbons (Fsp3) is 0.389. The van der Waals surface area contributed by atoms with Crippen molar-refractivity contribution in [2.24, 2.45) is 0 Å². The molecule has 0 saturated carbocycles. The Hall–Kier alpha value is -2.61. The van der Waals surface area contributed by atoms with Gasteiger partial charge in [-0.1, -0.05) is 12.1 Å². The van der Waals surface area contributed by atoms with Crippen molar-refractivity contribution < 1.29 is 18.7 Å². The number of carbonyl (C=O) groups excluding carboxylic acids is 1. The van der Waals surface area contributed by atoms with Gasteiger partial charge in [0.15, 0.2) is 11.6 Å². The molecule has 0 spiro atoms. The molecule has 2 atom stereocenters. The van der Waals surface area contributed by atoms with E-state index in [9.17, 15) is 13.6 Å². The Balaban J connectivity index is 1.83. The highest BCUT2D eigenvalue weighted by molar-refractivity contribution is 5.95. The number of anilines is 2. The number of rotatable bonds is 5. The first kappa shape index (κ1) is 18.2. The summed E-state index contributed by atoms with van der Waals surface area (Å²) in [4.78, 5) is 21.4. The van der Waals surface area contributed by atoms with Crippen LogP contribution in [0.1, 0.15) is 43.9 Å². The van der Waals surface area contributed by atoms with Crippen molar-refractivity contribution in [1.29, 1.82) is 0 Å². The van der Waals surface area contributed by atoms with Crippen molar-refractivity contribution in [2.75, 3.05) is 10.2 Å². The number of aliphatic hydroxyl groups excluding tert-OH is 1. The summed E-state index contributed by atoms with van der Waals surface area (Å²) in [6, 6.07) is 4.02. The Kier molecular flexibility index (Phi) is 5.13. The predicted octanol–water partition coefficient (Wildman–Crippen LogP) is 2.94. The molecular weight excluding hydrogens is 342 g/mol. The molecule has 1 saturated heterocycles. The van der Waals surface area contributed by atoms with Gasteiger partial charge in [0.2, 0.25) is 11.9 Å². The third-order valence-electron chi connectivity index (χ3n) is 4.53. The van der Waals surface area contributed by atoms with E-state index in [0.717, 1.165) is 6.20 Å². The first-order chi connectivity index (χ1) is 12.4. The Labute approximate surface area is 149 Å². The molecule has 3 rings (SSSR count). The molecule has 0 radical (unpaired) electrons. The summed E-state index contributed by atoms with van der Waals surface area (Å²) >= 11 is 0. The molecule has 0 aliphatic carbocycles. The van der Waals surface area contributed by atoms with Crippen molar-refractivity contribution in [2.45, 2.75) is 45.4 Å². The number of amides is 1. The van der Waals surface area contributed by atoms with Crippen molar-refractivity contribution in [3.8, 4) is 0 Å². The number of nitrogens with zero attached hydrogens (tertiary/aromatic N) is 3. The van der Waals surface area contributed by atoms with Gasteiger partial charge in [-0.05, 0) is 31.9 Å². The smallest absolute Gasteiger partial charge is 0.228 e. The Morgan fingerprint density at radius 3 is 2.77 bits per heavy atom. The van der Waals surface area contributed by atoms with Gasteiger partial charge in [0.1, 0.15) is 5.82 Å². The van der Waals surface area contributed by atoms with Crippen LogP contribution in [0.25, 0.3) is 0 Å². The van der Waals surface area contributed by atoms with Gasteiger partial charge in [0, 0.05) is 18.0 Å². The molecule has 1 aliphatic heterocycles. The highest BCUT2D eigenvalue weighted by Gasteiger charge is 2.32. The van der Waals surface area contributed by atoms with E-state index < -0.39 is 11.6 Å². The van der Waals surface area contributed by atoms with Gasteiger partial charge in [-0.15, -0.1) is 0 Å². The van der Waals surface area contributed by atoms with Crippen molar-refractivity contribution >= 4 is 17.7 Å². The average molecular weight is 362 g/mol. The van der Waals surface area contributed by atoms with E-state index in [4.69, 9.17) is 5.11 Å². The van der Waals surface area contributed by atoms with Crippen molar-refractivity contribution in [3.63, 3.8) is 0 Å². The van der Waals surface area contributed by atoms with Crippen LogP contribution in [0.5, 0.6) is 0 Å². The predicted molar refractivity (Wildman–Crippen MR) is 92.5 cm³/mol. The van der Waals surface area contributed by atoms with Gasteiger partial charge in [0.05, 0.1) is 18.8 Å². The fourth-order valence-corrected chi connectivity index (χ4v) is 2.99. The molecule has 1 unspecified atom stereocenters. The van der Waals surface area contributed by atoms with Crippen LogP contribution in [0, 0.1) is 11.6 Å². The van der Waals surface area contributed by atoms with E-state index in [2.05, 4.69) is 15.3 Å². The number of hydrogen-bond donors (Lipinski definition) is 2. The lowest BCUT2D eigenvalue weighted by atomic mass is 10.1. The number of benzene rings is 1. The topological polar surface area (TPSA) is 78.4 Å². The van der Waals surface area contributed by atoms with Crippen LogP contribution in [0.15, 0.2) is 24.4 Å². The van der Waals surface area contributed by atoms with E-state index in [-0.39, 0.29) is 41.9 Å². The van der Waals surface area contributed by atoms with Gasteiger partial charge in [-0.2, -0.15) is 4.98 Å². The Morgan fingerprint density at radius 1 is 1.38 bits per heavy atom. The minimum Gasteiger partial charge on any atom is -0.392 e. The molecule has 2 heterocycles. The lowest BCUT2D eigenvalue weighted by Gasteiger charge is -2.22. The third-order valence-corrected chi connectivity index (χ3v) is 4.53. The molecule has 8 heteroatoms. The molecule has 1 amide bonds. The second-order valence-corrected chi connectivity index (χ2v) is 6.39. The Bertz CT molecular complexity index is 831. The van der Waals surface area contributed by atoms with Gasteiger partial charge in [-0.3, -0.25) is 9.69 Å². The van der Waals surface area contributed by atoms with Gasteiger partial charge in [-0.25, -0.2) is 13.8 Å². The van der Waals surface area contributed by atoms with Crippen LogP contribution in [0.4, 0.5) is 20.5 Å². The van der Waals surface area contributed by atoms with E-state index in [1.165, 1.54) is 17.0 Å². The molecule has 1 aromatic carbocycles. The summed E-state index contributed by atoms with van der Waals surface area (Å²) in [7, 11) is 0. The van der Waals surface area contributed by atoms with Gasteiger partial charge < -0.3 is 10.4 Å². The second kappa shape index (κ2) is 7.33. The first-order valence-electron chi connectivity index (χ1n) is 8.41. The zero-order valence-corrected chi connectivity index (χ0v) is 14.5. The normalized spacial score (nSPS) is 18.3. The van der Waals surface area contributed by atoms with Crippen molar-refractivity contribution in [1.82, 2.24) is 9.97 Å². The summed E-state index contributed by atoms with van der Waals surface area (Å²) < 4.78 is 28.0. The van der Waals surface area contributed by atoms with Crippen LogP contribution in [0.3, 0.4) is 0 Å². The summed E-state index contributed by atoms with van der Waals surface area (Å²) in [6.07, 6.45) is 2.03. The zero-order valence-electron chi connectivity index (χ0n) is 14.5. The van der Waals surface area contributed by atoms with Crippen LogP contribution in [0.2, 0.25) is 0 Å². The molecule has 26 heavy (non-hydrogen) atoms. The third kappa shape index (κ3) is 3.50. The van der Waals surface area contributed by atoms with Crippen LogP contribution in [-0.4, -0.2) is 27.0 Å². The van der Waals surface area contributed by atoms with Crippen LogP contribution >= 0.6 is 0 Å². The molecule has 1 aromatic heterocycles. The highest BCUT2D eigenvalue weighted by Crippen LogP contribution is 2.28.